The van der Waals surface area contributed by atoms with E-state index in [1.54, 1.807) is 6.08 Å². The molecule has 80 heavy (non-hydrogen) atoms. The summed E-state index contributed by atoms with van der Waals surface area (Å²) in [6.45, 7) is 5.77. The molecule has 0 bridgehead atoms. The number of rotatable bonds is 58. The van der Waals surface area contributed by atoms with E-state index in [1.165, 1.54) is 205 Å². The highest BCUT2D eigenvalue weighted by Crippen LogP contribution is 2.26. The fraction of sp³-hybridized carbons (Fsp3) is 0.855. The Labute approximate surface area is 491 Å². The molecule has 1 amide bonds. The molecular weight excluding hydrogens is 1000 g/mol. The number of esters is 1. The first-order chi connectivity index (χ1) is 39.2. The number of carbonyl (C=O) groups excluding carboxylic acids is 2. The highest BCUT2D eigenvalue weighted by Gasteiger charge is 2.47. The zero-order chi connectivity index (χ0) is 58.2. The van der Waals surface area contributed by atoms with Crippen molar-refractivity contribution in [3.05, 3.63) is 48.6 Å². The molecule has 11 nitrogen and oxygen atoms in total. The molecule has 1 aliphatic heterocycles. The lowest BCUT2D eigenvalue weighted by molar-refractivity contribution is -0.305. The van der Waals surface area contributed by atoms with Crippen LogP contribution in [0.5, 0.6) is 0 Å². The van der Waals surface area contributed by atoms with Crippen molar-refractivity contribution in [3.8, 4) is 0 Å². The third kappa shape index (κ3) is 44.2. The monoisotopic (exact) mass is 1130 g/mol. The predicted molar refractivity (Wildman–Crippen MR) is 334 cm³/mol. The zero-order valence-corrected chi connectivity index (χ0v) is 52.0. The normalized spacial score (nSPS) is 19.0. The van der Waals surface area contributed by atoms with Gasteiger partial charge in [0, 0.05) is 6.42 Å². The average molecular weight is 1130 g/mol. The van der Waals surface area contributed by atoms with Gasteiger partial charge in [-0.1, -0.05) is 275 Å². The van der Waals surface area contributed by atoms with Crippen molar-refractivity contribution >= 4 is 11.9 Å². The molecule has 1 rings (SSSR count). The summed E-state index contributed by atoms with van der Waals surface area (Å²) >= 11 is 0. The van der Waals surface area contributed by atoms with E-state index in [0.717, 1.165) is 64.2 Å². The molecule has 6 N–H and O–H groups in total. The molecule has 0 aromatic carbocycles. The van der Waals surface area contributed by atoms with Crippen molar-refractivity contribution in [2.45, 2.75) is 365 Å². The molecule has 0 aliphatic carbocycles. The lowest BCUT2D eigenvalue weighted by Crippen LogP contribution is -2.61. The van der Waals surface area contributed by atoms with Crippen molar-refractivity contribution in [1.29, 1.82) is 0 Å². The Morgan fingerprint density at radius 1 is 0.487 bits per heavy atom. The Hall–Kier alpha value is -2.38. The van der Waals surface area contributed by atoms with Gasteiger partial charge in [0.15, 0.2) is 12.4 Å². The van der Waals surface area contributed by atoms with Crippen LogP contribution in [-0.4, -0.2) is 99.6 Å². The number of aliphatic hydroxyl groups excluding tert-OH is 5. The second-order valence-electron chi connectivity index (χ2n) is 23.6. The van der Waals surface area contributed by atoms with Crippen molar-refractivity contribution in [2.24, 2.45) is 0 Å². The molecule has 0 aromatic rings. The van der Waals surface area contributed by atoms with Crippen LogP contribution >= 0.6 is 0 Å². The van der Waals surface area contributed by atoms with E-state index in [-0.39, 0.29) is 19.4 Å². The van der Waals surface area contributed by atoms with Gasteiger partial charge in [-0.3, -0.25) is 9.59 Å². The van der Waals surface area contributed by atoms with Crippen LogP contribution in [0.1, 0.15) is 316 Å². The Kier molecular flexibility index (Phi) is 54.0. The first-order valence-electron chi connectivity index (χ1n) is 33.9. The van der Waals surface area contributed by atoms with Crippen LogP contribution in [0.2, 0.25) is 0 Å². The second kappa shape index (κ2) is 57.1. The molecular formula is C69H127NO10. The minimum atomic E-state index is -1.61. The van der Waals surface area contributed by atoms with Crippen LogP contribution in [0.15, 0.2) is 48.6 Å². The summed E-state index contributed by atoms with van der Waals surface area (Å²) in [6.07, 6.45) is 60.3. The molecule has 1 aliphatic rings. The Morgan fingerprint density at radius 2 is 0.863 bits per heavy atom. The quantitative estimate of drug-likeness (QED) is 0.0195. The number of ether oxygens (including phenoxy) is 3. The highest BCUT2D eigenvalue weighted by molar-refractivity contribution is 5.80. The fourth-order valence-corrected chi connectivity index (χ4v) is 10.6. The lowest BCUT2D eigenvalue weighted by Gasteiger charge is -2.41. The number of unbranched alkanes of at least 4 members (excludes halogenated alkanes) is 38. The van der Waals surface area contributed by atoms with Gasteiger partial charge in [-0.05, 0) is 83.5 Å². The number of allylic oxidation sites excluding steroid dienone is 7. The molecule has 11 heteroatoms. The summed E-state index contributed by atoms with van der Waals surface area (Å²) in [4.78, 5) is 26.6. The van der Waals surface area contributed by atoms with Crippen LogP contribution in [0.3, 0.4) is 0 Å². The van der Waals surface area contributed by atoms with E-state index in [0.29, 0.717) is 12.8 Å². The minimum absolute atomic E-state index is 0.124. The van der Waals surface area contributed by atoms with Crippen molar-refractivity contribution in [1.82, 2.24) is 5.32 Å². The van der Waals surface area contributed by atoms with Gasteiger partial charge in [-0.15, -0.1) is 0 Å². The van der Waals surface area contributed by atoms with E-state index in [4.69, 9.17) is 14.2 Å². The maximum absolute atomic E-state index is 13.4. The summed E-state index contributed by atoms with van der Waals surface area (Å²) in [5.41, 5.74) is 0. The van der Waals surface area contributed by atoms with Crippen LogP contribution in [-0.2, 0) is 23.8 Å². The third-order valence-electron chi connectivity index (χ3n) is 16.0. The third-order valence-corrected chi connectivity index (χ3v) is 16.0. The summed E-state index contributed by atoms with van der Waals surface area (Å²) in [7, 11) is 0. The zero-order valence-electron chi connectivity index (χ0n) is 52.0. The van der Waals surface area contributed by atoms with Crippen LogP contribution < -0.4 is 5.32 Å². The van der Waals surface area contributed by atoms with Crippen molar-refractivity contribution in [2.75, 3.05) is 13.2 Å². The second-order valence-corrected chi connectivity index (χ2v) is 23.6. The van der Waals surface area contributed by atoms with Gasteiger partial charge in [0.25, 0.3) is 0 Å². The number of carbonyl (C=O) groups is 2. The van der Waals surface area contributed by atoms with Gasteiger partial charge >= 0.3 is 5.97 Å². The molecule has 8 unspecified atom stereocenters. The highest BCUT2D eigenvalue weighted by atomic mass is 16.7. The first-order valence-corrected chi connectivity index (χ1v) is 33.9. The molecule has 1 fully saturated rings. The topological polar surface area (TPSA) is 175 Å². The van der Waals surface area contributed by atoms with Crippen LogP contribution in [0.25, 0.3) is 0 Å². The fourth-order valence-electron chi connectivity index (χ4n) is 10.6. The molecule has 8 atom stereocenters. The van der Waals surface area contributed by atoms with E-state index in [9.17, 15) is 35.1 Å². The molecule has 0 spiro atoms. The first kappa shape index (κ1) is 75.6. The van der Waals surface area contributed by atoms with Gasteiger partial charge in [0.1, 0.15) is 24.4 Å². The summed E-state index contributed by atoms with van der Waals surface area (Å²) in [5, 5.41) is 57.0. The van der Waals surface area contributed by atoms with Gasteiger partial charge in [-0.25, -0.2) is 0 Å². The molecule has 0 saturated carbocycles. The average Bonchev–Trinajstić information content (AvgIpc) is 3.46. The van der Waals surface area contributed by atoms with Gasteiger partial charge in [-0.2, -0.15) is 0 Å². The Balaban J connectivity index is 2.53. The van der Waals surface area contributed by atoms with Gasteiger partial charge < -0.3 is 45.1 Å². The largest absolute Gasteiger partial charge is 0.454 e. The summed E-state index contributed by atoms with van der Waals surface area (Å²) in [5.74, 6) is -1.20. The van der Waals surface area contributed by atoms with E-state index in [1.807, 2.05) is 6.08 Å². The number of hydrogen-bond acceptors (Lipinski definition) is 10. The standard InChI is InChI=1S/C69H127NO10/c1-4-7-10-13-16-19-22-25-26-27-28-29-30-31-32-33-34-35-36-37-38-39-42-45-48-51-54-57-64(74)80-67-66(76)65(75)63(58-71)79-69(67)78-59-60(61(72)55-52-49-46-43-40-23-20-17-14-11-8-5-2)70-68(77)62(73)56-53-50-47-44-41-24-21-18-15-12-9-6-3/h16,19,25-26,41,44,52,55,60-63,65-67,69,71-73,75-76H,4-15,17-18,20-24,27-40,42-43,45-51,53-54,56-59H2,1-3H3,(H,70,77)/b19-16-,26-25-,44-41-,55-52+. The van der Waals surface area contributed by atoms with Crippen LogP contribution in [0, 0.1) is 0 Å². The molecule has 0 radical (unpaired) electrons. The number of nitrogens with one attached hydrogen (secondary N) is 1. The minimum Gasteiger partial charge on any atom is -0.454 e. The summed E-state index contributed by atoms with van der Waals surface area (Å²) in [6, 6.07) is -1.03. The number of amides is 1. The lowest BCUT2D eigenvalue weighted by atomic mass is 9.99. The van der Waals surface area contributed by atoms with Gasteiger partial charge in [0.05, 0.1) is 25.4 Å². The smallest absolute Gasteiger partial charge is 0.306 e. The van der Waals surface area contributed by atoms with Crippen molar-refractivity contribution < 1.29 is 49.3 Å². The van der Waals surface area contributed by atoms with Crippen LogP contribution in [0.4, 0.5) is 0 Å². The van der Waals surface area contributed by atoms with Crippen molar-refractivity contribution in [3.63, 3.8) is 0 Å². The molecule has 468 valence electrons. The maximum atomic E-state index is 13.4. The molecule has 1 saturated heterocycles. The predicted octanol–water partition coefficient (Wildman–Crippen LogP) is 16.8. The van der Waals surface area contributed by atoms with E-state index in [2.05, 4.69) is 62.5 Å². The Bertz CT molecular complexity index is 1490. The summed E-state index contributed by atoms with van der Waals surface area (Å²) < 4.78 is 17.7. The molecule has 0 aromatic heterocycles. The SMILES string of the molecule is CCCCC/C=C\C/C=C\CCCCCCCCCCCCCCCCCCCC(=O)OC1C(OCC(NC(=O)C(O)CCCC/C=C\CCCCCCCC)C(O)/C=C/CCCCCCCCCCCC)OC(CO)C(O)C1O. The number of aliphatic hydroxyl groups is 5. The van der Waals surface area contributed by atoms with E-state index >= 15 is 0 Å². The van der Waals surface area contributed by atoms with E-state index < -0.39 is 67.4 Å². The number of hydrogen-bond donors (Lipinski definition) is 6. The van der Waals surface area contributed by atoms with Gasteiger partial charge in [0.2, 0.25) is 5.91 Å². The molecule has 1 heterocycles. The Morgan fingerprint density at radius 3 is 1.31 bits per heavy atom. The maximum Gasteiger partial charge on any atom is 0.306 e.